The predicted octanol–water partition coefficient (Wildman–Crippen LogP) is 1.07. The van der Waals surface area contributed by atoms with Gasteiger partial charge >= 0.3 is 5.97 Å². The Morgan fingerprint density at radius 2 is 1.91 bits per heavy atom. The number of carbonyl (C=O) groups excluding carboxylic acids is 1. The van der Waals surface area contributed by atoms with Gasteiger partial charge in [0.2, 0.25) is 10.0 Å². The van der Waals surface area contributed by atoms with Crippen LogP contribution in [0.1, 0.15) is 18.9 Å². The molecular weight excluding hydrogens is 326 g/mol. The van der Waals surface area contributed by atoms with Crippen molar-refractivity contribution in [1.29, 1.82) is 0 Å². The van der Waals surface area contributed by atoms with Crippen LogP contribution in [0, 0.1) is 11.8 Å². The summed E-state index contributed by atoms with van der Waals surface area (Å²) in [7, 11) is -3.83. The second kappa shape index (κ2) is 8.58. The van der Waals surface area contributed by atoms with Gasteiger partial charge in [0.1, 0.15) is 6.54 Å². The molecule has 2 N–H and O–H groups in total. The Morgan fingerprint density at radius 1 is 1.27 bits per heavy atom. The minimum atomic E-state index is -3.83. The maximum absolute atomic E-state index is 11.8. The van der Waals surface area contributed by atoms with Crippen LogP contribution >= 0.6 is 11.8 Å². The first-order valence-corrected chi connectivity index (χ1v) is 8.72. The van der Waals surface area contributed by atoms with Crippen LogP contribution in [-0.4, -0.2) is 36.9 Å². The van der Waals surface area contributed by atoms with Crippen molar-refractivity contribution in [3.8, 4) is 11.8 Å². The molecule has 1 aromatic rings. The number of rotatable bonds is 6. The highest BCUT2D eigenvalue weighted by Gasteiger charge is 2.14. The maximum Gasteiger partial charge on any atom is 0.318 e. The van der Waals surface area contributed by atoms with E-state index < -0.39 is 22.5 Å². The number of hydrogen-bond acceptors (Lipinski definition) is 5. The molecule has 1 aromatic carbocycles. The lowest BCUT2D eigenvalue weighted by Crippen LogP contribution is -2.29. The second-order valence-corrected chi connectivity index (χ2v) is 7.17. The quantitative estimate of drug-likeness (QED) is 0.593. The molecule has 0 atom stereocenters. The molecule has 118 valence electrons. The highest BCUT2D eigenvalue weighted by Crippen LogP contribution is 2.10. The van der Waals surface area contributed by atoms with Crippen LogP contribution in [0.5, 0.6) is 0 Å². The zero-order valence-corrected chi connectivity index (χ0v) is 13.5. The summed E-state index contributed by atoms with van der Waals surface area (Å²) in [6.45, 7) is 0.827. The normalized spacial score (nSPS) is 10.6. The topological polar surface area (TPSA) is 101 Å². The maximum atomic E-state index is 11.8. The van der Waals surface area contributed by atoms with Crippen LogP contribution in [0.2, 0.25) is 0 Å². The van der Waals surface area contributed by atoms with Gasteiger partial charge < -0.3 is 5.11 Å². The van der Waals surface area contributed by atoms with E-state index in [1.807, 2.05) is 4.72 Å². The highest BCUT2D eigenvalue weighted by molar-refractivity contribution is 8.13. The molecule has 0 saturated carbocycles. The van der Waals surface area contributed by atoms with E-state index in [0.717, 1.165) is 0 Å². The van der Waals surface area contributed by atoms with E-state index in [1.54, 1.807) is 12.1 Å². The van der Waals surface area contributed by atoms with Crippen LogP contribution in [0.4, 0.5) is 0 Å². The first-order chi connectivity index (χ1) is 10.3. The van der Waals surface area contributed by atoms with E-state index in [9.17, 15) is 18.0 Å². The van der Waals surface area contributed by atoms with Crippen molar-refractivity contribution in [3.05, 3.63) is 29.8 Å². The van der Waals surface area contributed by atoms with E-state index in [4.69, 9.17) is 5.11 Å². The molecule has 0 unspecified atom stereocenters. The Bertz CT molecular complexity index is 699. The van der Waals surface area contributed by atoms with Crippen LogP contribution < -0.4 is 4.72 Å². The molecule has 22 heavy (non-hydrogen) atoms. The predicted molar refractivity (Wildman–Crippen MR) is 83.9 cm³/mol. The van der Waals surface area contributed by atoms with Gasteiger partial charge in [-0.2, -0.15) is 4.72 Å². The fourth-order valence-electron chi connectivity index (χ4n) is 1.37. The molecule has 0 amide bonds. The summed E-state index contributed by atoms with van der Waals surface area (Å²) in [5.41, 5.74) is 0.644. The number of aliphatic carboxylic acids is 1. The second-order valence-electron chi connectivity index (χ2n) is 4.13. The lowest BCUT2D eigenvalue weighted by Gasteiger charge is -2.04. The van der Waals surface area contributed by atoms with E-state index in [-0.39, 0.29) is 10.0 Å². The zero-order chi connectivity index (χ0) is 16.6. The van der Waals surface area contributed by atoms with Crippen molar-refractivity contribution in [2.45, 2.75) is 18.2 Å². The van der Waals surface area contributed by atoms with Crippen molar-refractivity contribution < 1.29 is 23.1 Å². The van der Waals surface area contributed by atoms with Gasteiger partial charge in [0.15, 0.2) is 5.12 Å². The van der Waals surface area contributed by atoms with Crippen LogP contribution in [-0.2, 0) is 19.6 Å². The number of sulfonamides is 1. The minimum Gasteiger partial charge on any atom is -0.480 e. The fourth-order valence-corrected chi connectivity index (χ4v) is 2.83. The van der Waals surface area contributed by atoms with Gasteiger partial charge in [0.25, 0.3) is 0 Å². The SMILES string of the molecule is CC(=O)SCCC#Cc1ccc(S(=O)(=O)NCC(=O)O)cc1. The summed E-state index contributed by atoms with van der Waals surface area (Å²) >= 11 is 1.20. The standard InChI is InChI=1S/C14H15NO5S2/c1-11(16)21-9-3-2-4-12-5-7-13(8-6-12)22(19,20)15-10-14(17)18/h5-8,15H,3,9-10H2,1H3,(H,17,18). The van der Waals surface area contributed by atoms with Crippen molar-refractivity contribution in [3.63, 3.8) is 0 Å². The van der Waals surface area contributed by atoms with Crippen LogP contribution in [0.3, 0.4) is 0 Å². The van der Waals surface area contributed by atoms with Gasteiger partial charge in [-0.15, -0.1) is 0 Å². The summed E-state index contributed by atoms with van der Waals surface area (Å²) < 4.78 is 25.5. The van der Waals surface area contributed by atoms with E-state index in [0.29, 0.717) is 17.7 Å². The minimum absolute atomic E-state index is 0.0218. The summed E-state index contributed by atoms with van der Waals surface area (Å²) in [4.78, 5) is 21.1. The first kappa shape index (κ1) is 18.2. The molecule has 0 aliphatic rings. The third-order valence-electron chi connectivity index (χ3n) is 2.34. The molecule has 0 aliphatic heterocycles. The largest absolute Gasteiger partial charge is 0.480 e. The van der Waals surface area contributed by atoms with Crippen LogP contribution in [0.15, 0.2) is 29.2 Å². The highest BCUT2D eigenvalue weighted by atomic mass is 32.2. The van der Waals surface area contributed by atoms with Crippen molar-refractivity contribution in [2.24, 2.45) is 0 Å². The van der Waals surface area contributed by atoms with Gasteiger partial charge in [0.05, 0.1) is 4.90 Å². The smallest absolute Gasteiger partial charge is 0.318 e. The van der Waals surface area contributed by atoms with Gasteiger partial charge in [-0.25, -0.2) is 8.42 Å². The molecule has 6 nitrogen and oxygen atoms in total. The Hall–Kier alpha value is -1.82. The molecule has 0 spiro atoms. The summed E-state index contributed by atoms with van der Waals surface area (Å²) in [5.74, 6) is 5.12. The van der Waals surface area contributed by atoms with Crippen molar-refractivity contribution in [1.82, 2.24) is 4.72 Å². The molecule has 0 radical (unpaired) electrons. The number of carbonyl (C=O) groups is 2. The number of nitrogens with one attached hydrogen (secondary N) is 1. The fraction of sp³-hybridized carbons (Fsp3) is 0.286. The van der Waals surface area contributed by atoms with Gasteiger partial charge in [0, 0.05) is 24.7 Å². The molecular formula is C14H15NO5S2. The monoisotopic (exact) mass is 341 g/mol. The average molecular weight is 341 g/mol. The van der Waals surface area contributed by atoms with E-state index in [1.165, 1.54) is 30.8 Å². The van der Waals surface area contributed by atoms with Gasteiger partial charge in [-0.3, -0.25) is 9.59 Å². The summed E-state index contributed by atoms with van der Waals surface area (Å²) in [6.07, 6.45) is 0.560. The summed E-state index contributed by atoms with van der Waals surface area (Å²) in [5, 5.41) is 8.52. The molecule has 0 saturated heterocycles. The summed E-state index contributed by atoms with van der Waals surface area (Å²) in [6, 6.07) is 5.80. The molecule has 0 bridgehead atoms. The molecule has 0 aliphatic carbocycles. The van der Waals surface area contributed by atoms with Crippen LogP contribution in [0.25, 0.3) is 0 Å². The molecule has 1 rings (SSSR count). The lowest BCUT2D eigenvalue weighted by molar-refractivity contribution is -0.135. The Labute approximate surface area is 133 Å². The number of carboxylic acids is 1. The molecule has 0 heterocycles. The number of hydrogen-bond donors (Lipinski definition) is 2. The lowest BCUT2D eigenvalue weighted by atomic mass is 10.2. The van der Waals surface area contributed by atoms with E-state index in [2.05, 4.69) is 11.8 Å². The van der Waals surface area contributed by atoms with Crippen molar-refractivity contribution in [2.75, 3.05) is 12.3 Å². The Morgan fingerprint density at radius 3 is 2.45 bits per heavy atom. The Balaban J connectivity index is 2.65. The van der Waals surface area contributed by atoms with Gasteiger partial charge in [-0.1, -0.05) is 23.6 Å². The van der Waals surface area contributed by atoms with Gasteiger partial charge in [-0.05, 0) is 24.3 Å². The Kier molecular flexibility index (Phi) is 7.11. The molecule has 0 fully saturated rings. The zero-order valence-electron chi connectivity index (χ0n) is 11.8. The van der Waals surface area contributed by atoms with Crippen molar-refractivity contribution >= 4 is 32.9 Å². The first-order valence-electron chi connectivity index (χ1n) is 6.25. The molecule has 8 heteroatoms. The number of thioether (sulfide) groups is 1. The number of carboxylic acid groups (broad SMARTS) is 1. The average Bonchev–Trinajstić information content (AvgIpc) is 2.45. The molecule has 0 aromatic heterocycles. The number of benzene rings is 1. The van der Waals surface area contributed by atoms with E-state index >= 15 is 0 Å². The third-order valence-corrected chi connectivity index (χ3v) is 4.58. The third kappa shape index (κ3) is 6.76.